The molecule has 0 heterocycles. The van der Waals surface area contributed by atoms with Crippen molar-refractivity contribution in [3.05, 3.63) is 27.7 Å². The highest BCUT2D eigenvalue weighted by Gasteiger charge is 2.15. The molecule has 1 aromatic carbocycles. The average molecular weight is 224 g/mol. The van der Waals surface area contributed by atoms with Gasteiger partial charge >= 0.3 is 0 Å². The second-order valence-electron chi connectivity index (χ2n) is 2.58. The van der Waals surface area contributed by atoms with Crippen LogP contribution in [0.4, 0.5) is 4.39 Å². The largest absolute Gasteiger partial charge is 0.507 e. The minimum absolute atomic E-state index is 0.176. The summed E-state index contributed by atoms with van der Waals surface area (Å²) in [6.07, 6.45) is 0. The summed E-state index contributed by atoms with van der Waals surface area (Å²) in [4.78, 5) is 0. The predicted octanol–water partition coefficient (Wildman–Crippen LogP) is 2.67. The predicted molar refractivity (Wildman–Crippen MR) is 51.0 cm³/mol. The maximum Gasteiger partial charge on any atom is 0.123 e. The molecule has 0 unspecified atom stereocenters. The number of nitrogens with two attached hydrogens (primary N) is 1. The van der Waals surface area contributed by atoms with Crippen LogP contribution in [-0.2, 0) is 0 Å². The van der Waals surface area contributed by atoms with Gasteiger partial charge in [-0.2, -0.15) is 0 Å². The van der Waals surface area contributed by atoms with Gasteiger partial charge in [0.05, 0.1) is 11.1 Å². The van der Waals surface area contributed by atoms with E-state index in [0.29, 0.717) is 0 Å². The number of alkyl halides is 1. The molecule has 13 heavy (non-hydrogen) atoms. The van der Waals surface area contributed by atoms with E-state index in [0.717, 1.165) is 0 Å². The van der Waals surface area contributed by atoms with Gasteiger partial charge in [-0.1, -0.05) is 23.2 Å². The van der Waals surface area contributed by atoms with E-state index in [9.17, 15) is 9.50 Å². The Balaban J connectivity index is 3.20. The molecule has 5 heteroatoms. The Hall–Kier alpha value is -0.510. The van der Waals surface area contributed by atoms with Crippen LogP contribution in [0.3, 0.4) is 0 Å². The maximum absolute atomic E-state index is 12.2. The van der Waals surface area contributed by atoms with Crippen LogP contribution in [0, 0.1) is 0 Å². The number of phenolic OH excluding ortho intramolecular Hbond substituents is 1. The Labute approximate surface area is 85.1 Å². The van der Waals surface area contributed by atoms with Crippen LogP contribution in [0.25, 0.3) is 0 Å². The molecule has 1 rings (SSSR count). The average Bonchev–Trinajstić information content (AvgIpc) is 2.02. The van der Waals surface area contributed by atoms with Gasteiger partial charge in [-0.3, -0.25) is 0 Å². The fraction of sp³-hybridized carbons (Fsp3) is 0.250. The number of aromatic hydroxyl groups is 1. The van der Waals surface area contributed by atoms with E-state index < -0.39 is 12.7 Å². The van der Waals surface area contributed by atoms with Gasteiger partial charge < -0.3 is 10.8 Å². The standard InChI is InChI=1S/C8H8Cl2FNO/c9-4-1-5(10)8(6(12)3-11)7(13)2-4/h1-2,6,13H,3,12H2/t6-/m1/s1. The van der Waals surface area contributed by atoms with Crippen molar-refractivity contribution in [2.45, 2.75) is 6.04 Å². The third kappa shape index (κ3) is 2.24. The molecule has 1 aromatic rings. The van der Waals surface area contributed by atoms with Crippen LogP contribution >= 0.6 is 23.2 Å². The lowest BCUT2D eigenvalue weighted by Gasteiger charge is -2.11. The zero-order valence-corrected chi connectivity index (χ0v) is 8.11. The Morgan fingerprint density at radius 2 is 2.08 bits per heavy atom. The second kappa shape index (κ2) is 4.13. The fourth-order valence-electron chi connectivity index (χ4n) is 1.02. The van der Waals surface area contributed by atoms with Crippen molar-refractivity contribution in [1.29, 1.82) is 0 Å². The highest BCUT2D eigenvalue weighted by atomic mass is 35.5. The first-order chi connectivity index (χ1) is 6.06. The molecule has 72 valence electrons. The van der Waals surface area contributed by atoms with Gasteiger partial charge in [0.2, 0.25) is 0 Å². The summed E-state index contributed by atoms with van der Waals surface area (Å²) < 4.78 is 12.2. The summed E-state index contributed by atoms with van der Waals surface area (Å²) in [5, 5.41) is 9.82. The van der Waals surface area contributed by atoms with Gasteiger partial charge in [0.1, 0.15) is 12.4 Å². The quantitative estimate of drug-likeness (QED) is 0.811. The smallest absolute Gasteiger partial charge is 0.123 e. The molecule has 0 aromatic heterocycles. The van der Waals surface area contributed by atoms with Crippen molar-refractivity contribution in [3.63, 3.8) is 0 Å². The van der Waals surface area contributed by atoms with E-state index in [1.807, 2.05) is 0 Å². The molecule has 0 spiro atoms. The highest BCUT2D eigenvalue weighted by molar-refractivity contribution is 6.35. The summed E-state index contributed by atoms with van der Waals surface area (Å²) >= 11 is 11.3. The lowest BCUT2D eigenvalue weighted by atomic mass is 10.1. The molecular formula is C8H8Cl2FNO. The van der Waals surface area contributed by atoms with E-state index >= 15 is 0 Å². The first-order valence-corrected chi connectivity index (χ1v) is 4.31. The summed E-state index contributed by atoms with van der Waals surface area (Å²) in [6, 6.07) is 1.77. The molecular weight excluding hydrogens is 216 g/mol. The molecule has 0 aliphatic heterocycles. The molecule has 0 aliphatic carbocycles. The van der Waals surface area contributed by atoms with Crippen molar-refractivity contribution >= 4 is 23.2 Å². The maximum atomic E-state index is 12.2. The van der Waals surface area contributed by atoms with E-state index in [1.165, 1.54) is 12.1 Å². The van der Waals surface area contributed by atoms with Crippen LogP contribution in [0.5, 0.6) is 5.75 Å². The Kier molecular flexibility index (Phi) is 3.36. The SMILES string of the molecule is N[C@H](CF)c1c(O)cc(Cl)cc1Cl. The first-order valence-electron chi connectivity index (χ1n) is 3.55. The van der Waals surface area contributed by atoms with Gasteiger partial charge in [0.25, 0.3) is 0 Å². The number of phenols is 1. The molecule has 0 radical (unpaired) electrons. The summed E-state index contributed by atoms with van der Waals surface area (Å²) in [6.45, 7) is -0.783. The molecule has 0 bridgehead atoms. The van der Waals surface area contributed by atoms with E-state index in [-0.39, 0.29) is 21.4 Å². The number of hydrogen-bond acceptors (Lipinski definition) is 2. The lowest BCUT2D eigenvalue weighted by molar-refractivity contribution is 0.414. The molecule has 2 nitrogen and oxygen atoms in total. The van der Waals surface area contributed by atoms with Crippen LogP contribution in [0.1, 0.15) is 11.6 Å². The first kappa shape index (κ1) is 10.6. The zero-order valence-electron chi connectivity index (χ0n) is 6.60. The normalized spacial score (nSPS) is 12.9. The van der Waals surface area contributed by atoms with Gasteiger partial charge in [-0.25, -0.2) is 4.39 Å². The number of halogens is 3. The highest BCUT2D eigenvalue weighted by Crippen LogP contribution is 2.33. The van der Waals surface area contributed by atoms with Crippen molar-refractivity contribution in [2.75, 3.05) is 6.67 Å². The van der Waals surface area contributed by atoms with E-state index in [2.05, 4.69) is 0 Å². The molecule has 0 fully saturated rings. The van der Waals surface area contributed by atoms with Gasteiger partial charge in [0, 0.05) is 10.6 Å². The Morgan fingerprint density at radius 1 is 1.46 bits per heavy atom. The molecule has 0 saturated carbocycles. The van der Waals surface area contributed by atoms with Crippen LogP contribution in [-0.4, -0.2) is 11.8 Å². The second-order valence-corrected chi connectivity index (χ2v) is 3.42. The molecule has 0 saturated heterocycles. The van der Waals surface area contributed by atoms with Crippen molar-refractivity contribution in [2.24, 2.45) is 5.73 Å². The molecule has 1 atom stereocenters. The van der Waals surface area contributed by atoms with E-state index in [1.54, 1.807) is 0 Å². The lowest BCUT2D eigenvalue weighted by Crippen LogP contribution is -2.12. The summed E-state index contributed by atoms with van der Waals surface area (Å²) in [5.41, 5.74) is 5.57. The van der Waals surface area contributed by atoms with Crippen LogP contribution in [0.15, 0.2) is 12.1 Å². The van der Waals surface area contributed by atoms with Crippen molar-refractivity contribution < 1.29 is 9.50 Å². The minimum atomic E-state index is -0.912. The monoisotopic (exact) mass is 223 g/mol. The number of rotatable bonds is 2. The van der Waals surface area contributed by atoms with Crippen LogP contribution in [0.2, 0.25) is 10.0 Å². The minimum Gasteiger partial charge on any atom is -0.507 e. The Bertz CT molecular complexity index is 296. The third-order valence-corrected chi connectivity index (χ3v) is 2.14. The topological polar surface area (TPSA) is 46.2 Å². The van der Waals surface area contributed by atoms with E-state index in [4.69, 9.17) is 28.9 Å². The molecule has 3 N–H and O–H groups in total. The van der Waals surface area contributed by atoms with Gasteiger partial charge in [-0.15, -0.1) is 0 Å². The van der Waals surface area contributed by atoms with Crippen LogP contribution < -0.4 is 5.73 Å². The van der Waals surface area contributed by atoms with Gasteiger partial charge in [0.15, 0.2) is 0 Å². The zero-order chi connectivity index (χ0) is 10.0. The Morgan fingerprint density at radius 3 is 2.54 bits per heavy atom. The summed E-state index contributed by atoms with van der Waals surface area (Å²) in [7, 11) is 0. The van der Waals surface area contributed by atoms with Crippen molar-refractivity contribution in [3.8, 4) is 5.75 Å². The number of hydrogen-bond donors (Lipinski definition) is 2. The number of benzene rings is 1. The van der Waals surface area contributed by atoms with Gasteiger partial charge in [-0.05, 0) is 12.1 Å². The summed E-state index contributed by atoms with van der Waals surface area (Å²) in [5.74, 6) is -0.178. The third-order valence-electron chi connectivity index (χ3n) is 1.61. The molecule has 0 aliphatic rings. The fourth-order valence-corrected chi connectivity index (χ4v) is 1.64. The van der Waals surface area contributed by atoms with Crippen molar-refractivity contribution in [1.82, 2.24) is 0 Å². The molecule has 0 amide bonds.